The molecule has 1 unspecified atom stereocenters. The van der Waals surface area contributed by atoms with Gasteiger partial charge in [-0.25, -0.2) is 4.98 Å². The fourth-order valence-electron chi connectivity index (χ4n) is 2.14. The molecule has 1 rings (SSSR count). The highest BCUT2D eigenvalue weighted by Gasteiger charge is 2.06. The van der Waals surface area contributed by atoms with Crippen LogP contribution in [0.2, 0.25) is 0 Å². The number of aryl methyl sites for hydroxylation is 1. The maximum Gasteiger partial charge on any atom is 0.191 e. The van der Waals surface area contributed by atoms with E-state index in [1.54, 1.807) is 11.3 Å². The van der Waals surface area contributed by atoms with E-state index in [0.29, 0.717) is 6.04 Å². The molecule has 0 spiro atoms. The van der Waals surface area contributed by atoms with E-state index in [9.17, 15) is 0 Å². The van der Waals surface area contributed by atoms with E-state index in [-0.39, 0.29) is 0 Å². The topological polar surface area (TPSA) is 49.3 Å². The second-order valence-corrected chi connectivity index (χ2v) is 7.30. The highest BCUT2D eigenvalue weighted by Crippen LogP contribution is 2.11. The van der Waals surface area contributed by atoms with Crippen LogP contribution < -0.4 is 10.6 Å². The molecule has 1 atom stereocenters. The van der Waals surface area contributed by atoms with E-state index in [0.717, 1.165) is 24.8 Å². The molecule has 4 nitrogen and oxygen atoms in total. The Hall–Kier alpha value is -1.10. The van der Waals surface area contributed by atoms with Gasteiger partial charge in [0.2, 0.25) is 0 Å². The molecule has 0 aromatic carbocycles. The summed E-state index contributed by atoms with van der Waals surface area (Å²) >= 11 is 1.76. The molecule has 0 aliphatic rings. The SMILES string of the molecule is CN=C(NCCc1ncc(C)s1)NC(C)CCCC(C)C. The summed E-state index contributed by atoms with van der Waals surface area (Å²) in [7, 11) is 1.82. The largest absolute Gasteiger partial charge is 0.356 e. The Kier molecular flexibility index (Phi) is 8.35. The molecule has 0 radical (unpaired) electrons. The van der Waals surface area contributed by atoms with E-state index >= 15 is 0 Å². The van der Waals surface area contributed by atoms with Crippen LogP contribution in [-0.2, 0) is 6.42 Å². The van der Waals surface area contributed by atoms with Crippen molar-refractivity contribution < 1.29 is 0 Å². The number of nitrogens with zero attached hydrogens (tertiary/aromatic N) is 2. The summed E-state index contributed by atoms with van der Waals surface area (Å²) in [6.07, 6.45) is 6.62. The molecule has 1 heterocycles. The van der Waals surface area contributed by atoms with Crippen LogP contribution in [0.15, 0.2) is 11.2 Å². The zero-order valence-corrected chi connectivity index (χ0v) is 14.9. The number of thiazole rings is 1. The van der Waals surface area contributed by atoms with Crippen LogP contribution in [0.25, 0.3) is 0 Å². The van der Waals surface area contributed by atoms with Gasteiger partial charge in [0.25, 0.3) is 0 Å². The summed E-state index contributed by atoms with van der Waals surface area (Å²) in [5.74, 6) is 1.68. The molecule has 21 heavy (non-hydrogen) atoms. The van der Waals surface area contributed by atoms with E-state index in [1.165, 1.54) is 29.1 Å². The average Bonchev–Trinajstić information content (AvgIpc) is 2.83. The monoisotopic (exact) mass is 310 g/mol. The van der Waals surface area contributed by atoms with Crippen molar-refractivity contribution in [2.75, 3.05) is 13.6 Å². The lowest BCUT2D eigenvalue weighted by Crippen LogP contribution is -2.42. The first kappa shape index (κ1) is 18.0. The van der Waals surface area contributed by atoms with E-state index < -0.39 is 0 Å². The Labute approximate surface area is 133 Å². The molecule has 0 amide bonds. The molecule has 0 aliphatic heterocycles. The van der Waals surface area contributed by atoms with Gasteiger partial charge < -0.3 is 10.6 Å². The third-order valence-electron chi connectivity index (χ3n) is 3.33. The van der Waals surface area contributed by atoms with E-state index in [2.05, 4.69) is 48.3 Å². The fourth-order valence-corrected chi connectivity index (χ4v) is 2.92. The van der Waals surface area contributed by atoms with Gasteiger partial charge in [0.1, 0.15) is 0 Å². The second-order valence-electron chi connectivity index (χ2n) is 5.98. The van der Waals surface area contributed by atoms with Crippen LogP contribution in [0.4, 0.5) is 0 Å². The van der Waals surface area contributed by atoms with Crippen molar-refractivity contribution in [2.45, 2.75) is 59.4 Å². The van der Waals surface area contributed by atoms with Crippen LogP contribution in [0.5, 0.6) is 0 Å². The molecule has 120 valence electrons. The molecule has 0 bridgehead atoms. The molecule has 1 aromatic rings. The third kappa shape index (κ3) is 8.05. The quantitative estimate of drug-likeness (QED) is 0.572. The first-order valence-electron chi connectivity index (χ1n) is 7.89. The summed E-state index contributed by atoms with van der Waals surface area (Å²) in [5.41, 5.74) is 0. The van der Waals surface area contributed by atoms with Gasteiger partial charge in [0, 0.05) is 37.1 Å². The van der Waals surface area contributed by atoms with Crippen LogP contribution in [-0.4, -0.2) is 30.6 Å². The van der Waals surface area contributed by atoms with Crippen molar-refractivity contribution in [3.8, 4) is 0 Å². The van der Waals surface area contributed by atoms with Crippen molar-refractivity contribution >= 4 is 17.3 Å². The van der Waals surface area contributed by atoms with Crippen LogP contribution in [0, 0.1) is 12.8 Å². The molecular weight excluding hydrogens is 280 g/mol. The number of guanidine groups is 1. The highest BCUT2D eigenvalue weighted by molar-refractivity contribution is 7.11. The highest BCUT2D eigenvalue weighted by atomic mass is 32.1. The van der Waals surface area contributed by atoms with Crippen LogP contribution >= 0.6 is 11.3 Å². The third-order valence-corrected chi connectivity index (χ3v) is 4.30. The van der Waals surface area contributed by atoms with Crippen LogP contribution in [0.3, 0.4) is 0 Å². The number of rotatable bonds is 8. The van der Waals surface area contributed by atoms with Crippen molar-refractivity contribution in [3.05, 3.63) is 16.1 Å². The van der Waals surface area contributed by atoms with Crippen molar-refractivity contribution in [3.63, 3.8) is 0 Å². The minimum Gasteiger partial charge on any atom is -0.356 e. The molecule has 0 fully saturated rings. The summed E-state index contributed by atoms with van der Waals surface area (Å²) in [5, 5.41) is 8.00. The lowest BCUT2D eigenvalue weighted by Gasteiger charge is -2.18. The van der Waals surface area contributed by atoms with Crippen LogP contribution in [0.1, 0.15) is 49.9 Å². The van der Waals surface area contributed by atoms with Gasteiger partial charge in [-0.1, -0.05) is 26.7 Å². The average molecular weight is 311 g/mol. The van der Waals surface area contributed by atoms with Gasteiger partial charge in [0.15, 0.2) is 5.96 Å². The maximum atomic E-state index is 4.37. The number of hydrogen-bond donors (Lipinski definition) is 2. The summed E-state index contributed by atoms with van der Waals surface area (Å²) < 4.78 is 0. The Morgan fingerprint density at radius 2 is 2.10 bits per heavy atom. The summed E-state index contributed by atoms with van der Waals surface area (Å²) in [6.45, 7) is 9.73. The molecule has 1 aromatic heterocycles. The van der Waals surface area contributed by atoms with Crippen molar-refractivity contribution in [2.24, 2.45) is 10.9 Å². The standard InChI is InChI=1S/C16H30N4S/c1-12(2)7-6-8-13(3)20-16(17-5)18-10-9-15-19-11-14(4)21-15/h11-13H,6-10H2,1-5H3,(H2,17,18,20). The molecule has 5 heteroatoms. The zero-order valence-electron chi connectivity index (χ0n) is 14.1. The maximum absolute atomic E-state index is 4.37. The number of aliphatic imine (C=N–C) groups is 1. The van der Waals surface area contributed by atoms with Gasteiger partial charge >= 0.3 is 0 Å². The summed E-state index contributed by atoms with van der Waals surface area (Å²) in [4.78, 5) is 9.93. The predicted octanol–water partition coefficient (Wildman–Crippen LogP) is 3.37. The predicted molar refractivity (Wildman–Crippen MR) is 93.2 cm³/mol. The number of hydrogen-bond acceptors (Lipinski definition) is 3. The normalized spacial score (nSPS) is 13.5. The van der Waals surface area contributed by atoms with Crippen molar-refractivity contribution in [1.82, 2.24) is 15.6 Å². The minimum absolute atomic E-state index is 0.456. The Balaban J connectivity index is 2.22. The zero-order chi connectivity index (χ0) is 15.7. The fraction of sp³-hybridized carbons (Fsp3) is 0.750. The Morgan fingerprint density at radius 3 is 2.67 bits per heavy atom. The first-order valence-corrected chi connectivity index (χ1v) is 8.71. The second kappa shape index (κ2) is 9.77. The number of aromatic nitrogens is 1. The molecule has 0 saturated heterocycles. The van der Waals surface area contributed by atoms with E-state index in [4.69, 9.17) is 0 Å². The van der Waals surface area contributed by atoms with Gasteiger partial charge in [-0.15, -0.1) is 11.3 Å². The molecular formula is C16H30N4S. The first-order chi connectivity index (χ1) is 10.0. The van der Waals surface area contributed by atoms with Gasteiger partial charge in [-0.05, 0) is 26.2 Å². The smallest absolute Gasteiger partial charge is 0.191 e. The van der Waals surface area contributed by atoms with Crippen molar-refractivity contribution in [1.29, 1.82) is 0 Å². The number of nitrogens with one attached hydrogen (secondary N) is 2. The van der Waals surface area contributed by atoms with E-state index in [1.807, 2.05) is 13.2 Å². The van der Waals surface area contributed by atoms with Gasteiger partial charge in [0.05, 0.1) is 5.01 Å². The lowest BCUT2D eigenvalue weighted by molar-refractivity contribution is 0.491. The Morgan fingerprint density at radius 1 is 1.33 bits per heavy atom. The lowest BCUT2D eigenvalue weighted by atomic mass is 10.0. The molecule has 2 N–H and O–H groups in total. The minimum atomic E-state index is 0.456. The molecule has 0 saturated carbocycles. The summed E-state index contributed by atoms with van der Waals surface area (Å²) in [6, 6.07) is 0.456. The Bertz CT molecular complexity index is 426. The van der Waals surface area contributed by atoms with Gasteiger partial charge in [-0.2, -0.15) is 0 Å². The molecule has 0 aliphatic carbocycles. The van der Waals surface area contributed by atoms with Gasteiger partial charge in [-0.3, -0.25) is 4.99 Å².